The van der Waals surface area contributed by atoms with Crippen LogP contribution in [0, 0.1) is 13.8 Å². The van der Waals surface area contributed by atoms with E-state index < -0.39 is 15.9 Å². The van der Waals surface area contributed by atoms with Gasteiger partial charge in [-0.25, -0.2) is 8.42 Å². The number of carbonyl (C=O) groups excluding carboxylic acids is 2. The zero-order valence-electron chi connectivity index (χ0n) is 20.0. The fourth-order valence-corrected chi connectivity index (χ4v) is 5.17. The summed E-state index contributed by atoms with van der Waals surface area (Å²) in [5.74, 6) is -0.812. The van der Waals surface area contributed by atoms with Crippen LogP contribution in [0.4, 0.5) is 5.69 Å². The zero-order chi connectivity index (χ0) is 24.9. The Bertz CT molecular complexity index is 1140. The van der Waals surface area contributed by atoms with Gasteiger partial charge in [-0.1, -0.05) is 12.1 Å². The summed E-state index contributed by atoms with van der Waals surface area (Å²) in [6.45, 7) is 5.26. The van der Waals surface area contributed by atoms with Gasteiger partial charge in [-0.15, -0.1) is 0 Å². The number of benzene rings is 1. The van der Waals surface area contributed by atoms with Crippen molar-refractivity contribution in [2.45, 2.75) is 18.7 Å². The first-order chi connectivity index (χ1) is 16.1. The van der Waals surface area contributed by atoms with Gasteiger partial charge in [0.05, 0.1) is 19.8 Å². The Morgan fingerprint density at radius 3 is 2.59 bits per heavy atom. The summed E-state index contributed by atoms with van der Waals surface area (Å²) in [7, 11) is -0.639. The maximum Gasteiger partial charge on any atom is 0.271 e. The molecule has 1 fully saturated rings. The van der Waals surface area contributed by atoms with Gasteiger partial charge in [-0.2, -0.15) is 4.31 Å². The van der Waals surface area contributed by atoms with Gasteiger partial charge in [0.15, 0.2) is 0 Å². The minimum atomic E-state index is -3.75. The molecular formula is C23H32N4O6S. The molecule has 1 aromatic carbocycles. The molecule has 34 heavy (non-hydrogen) atoms. The van der Waals surface area contributed by atoms with Gasteiger partial charge < -0.3 is 24.3 Å². The first-order valence-electron chi connectivity index (χ1n) is 11.0. The average molecular weight is 493 g/mol. The van der Waals surface area contributed by atoms with Crippen molar-refractivity contribution in [1.29, 1.82) is 0 Å². The van der Waals surface area contributed by atoms with E-state index in [1.54, 1.807) is 7.05 Å². The predicted molar refractivity (Wildman–Crippen MR) is 127 cm³/mol. The first-order valence-corrected chi connectivity index (χ1v) is 12.5. The molecule has 1 aromatic heterocycles. The second kappa shape index (κ2) is 11.1. The summed E-state index contributed by atoms with van der Waals surface area (Å²) >= 11 is 0. The van der Waals surface area contributed by atoms with Crippen LogP contribution in [0.15, 0.2) is 35.4 Å². The number of nitrogens with one attached hydrogen (secondary N) is 1. The molecule has 10 nitrogen and oxygen atoms in total. The third-order valence-electron chi connectivity index (χ3n) is 5.87. The SMILES string of the molecule is COCCN(CC(=O)Nc1cccc(C)c1C)C(=O)c1cc(S(=O)(=O)N2CCOCC2)cn1C. The summed E-state index contributed by atoms with van der Waals surface area (Å²) < 4.78 is 39.2. The van der Waals surface area contributed by atoms with E-state index in [1.165, 1.54) is 33.1 Å². The molecule has 11 heteroatoms. The van der Waals surface area contributed by atoms with E-state index >= 15 is 0 Å². The highest BCUT2D eigenvalue weighted by Crippen LogP contribution is 2.21. The van der Waals surface area contributed by atoms with E-state index in [4.69, 9.17) is 9.47 Å². The normalized spacial score (nSPS) is 14.7. The maximum atomic E-state index is 13.3. The number of amides is 2. The van der Waals surface area contributed by atoms with Crippen molar-refractivity contribution in [1.82, 2.24) is 13.8 Å². The van der Waals surface area contributed by atoms with Crippen LogP contribution in [0.2, 0.25) is 0 Å². The van der Waals surface area contributed by atoms with Crippen molar-refractivity contribution in [3.63, 3.8) is 0 Å². The van der Waals surface area contributed by atoms with Crippen LogP contribution in [-0.4, -0.2) is 87.1 Å². The Morgan fingerprint density at radius 1 is 1.21 bits per heavy atom. The lowest BCUT2D eigenvalue weighted by molar-refractivity contribution is -0.117. The fraction of sp³-hybridized carbons (Fsp3) is 0.478. The standard InChI is InChI=1S/C23H32N4O6S/c1-17-6-5-7-20(18(17)2)24-22(28)16-26(8-11-32-4)23(29)21-14-19(15-25(21)3)34(30,31)27-9-12-33-13-10-27/h5-7,14-15H,8-13,16H2,1-4H3,(H,24,28). The number of nitrogens with zero attached hydrogens (tertiary/aromatic N) is 3. The number of sulfonamides is 1. The molecule has 0 atom stereocenters. The number of morpholine rings is 1. The summed E-state index contributed by atoms with van der Waals surface area (Å²) in [5.41, 5.74) is 2.85. The van der Waals surface area contributed by atoms with E-state index in [0.717, 1.165) is 11.1 Å². The van der Waals surface area contributed by atoms with E-state index in [-0.39, 0.29) is 49.3 Å². The number of hydrogen-bond donors (Lipinski definition) is 1. The van der Waals surface area contributed by atoms with Gasteiger partial charge in [-0.3, -0.25) is 9.59 Å². The molecule has 1 aliphatic heterocycles. The molecule has 1 saturated heterocycles. The molecular weight excluding hydrogens is 460 g/mol. The van der Waals surface area contributed by atoms with Crippen molar-refractivity contribution in [3.8, 4) is 0 Å². The summed E-state index contributed by atoms with van der Waals surface area (Å²) in [4.78, 5) is 27.5. The highest BCUT2D eigenvalue weighted by molar-refractivity contribution is 7.89. The molecule has 0 spiro atoms. The molecule has 0 radical (unpaired) electrons. The molecule has 0 unspecified atom stereocenters. The van der Waals surface area contributed by atoms with E-state index in [9.17, 15) is 18.0 Å². The molecule has 0 aliphatic carbocycles. The molecule has 0 bridgehead atoms. The van der Waals surface area contributed by atoms with Crippen molar-refractivity contribution >= 4 is 27.5 Å². The van der Waals surface area contributed by atoms with Gasteiger partial charge in [0.2, 0.25) is 15.9 Å². The molecule has 1 aliphatic rings. The van der Waals surface area contributed by atoms with Crippen LogP contribution in [0.5, 0.6) is 0 Å². The Balaban J connectivity index is 1.79. The number of hydrogen-bond acceptors (Lipinski definition) is 6. The van der Waals surface area contributed by atoms with Gasteiger partial charge in [0.1, 0.15) is 17.1 Å². The second-order valence-electron chi connectivity index (χ2n) is 8.20. The lowest BCUT2D eigenvalue weighted by Gasteiger charge is -2.25. The molecule has 186 valence electrons. The number of anilines is 1. The maximum absolute atomic E-state index is 13.3. The highest BCUT2D eigenvalue weighted by Gasteiger charge is 2.30. The number of aryl methyl sites for hydroxylation is 2. The van der Waals surface area contributed by atoms with Crippen LogP contribution < -0.4 is 5.32 Å². The smallest absolute Gasteiger partial charge is 0.271 e. The Labute approximate surface area is 200 Å². The quantitative estimate of drug-likeness (QED) is 0.567. The van der Waals surface area contributed by atoms with Crippen LogP contribution in [0.1, 0.15) is 21.6 Å². The minimum absolute atomic E-state index is 0.0341. The van der Waals surface area contributed by atoms with Crippen molar-refractivity contribution in [3.05, 3.63) is 47.3 Å². The van der Waals surface area contributed by atoms with Gasteiger partial charge in [-0.05, 0) is 37.1 Å². The lowest BCUT2D eigenvalue weighted by atomic mass is 10.1. The number of carbonyl (C=O) groups is 2. The number of ether oxygens (including phenoxy) is 2. The molecule has 2 amide bonds. The second-order valence-corrected chi connectivity index (χ2v) is 10.1. The monoisotopic (exact) mass is 492 g/mol. The third-order valence-corrected chi connectivity index (χ3v) is 7.74. The zero-order valence-corrected chi connectivity index (χ0v) is 20.9. The highest BCUT2D eigenvalue weighted by atomic mass is 32.2. The Morgan fingerprint density at radius 2 is 1.91 bits per heavy atom. The van der Waals surface area contributed by atoms with Crippen LogP contribution in [0.3, 0.4) is 0 Å². The largest absolute Gasteiger partial charge is 0.383 e. The molecule has 2 aromatic rings. The van der Waals surface area contributed by atoms with Crippen molar-refractivity contribution in [2.75, 3.05) is 58.4 Å². The lowest BCUT2D eigenvalue weighted by Crippen LogP contribution is -2.41. The van der Waals surface area contributed by atoms with E-state index in [1.807, 2.05) is 32.0 Å². The first kappa shape index (κ1) is 25.9. The van der Waals surface area contributed by atoms with Gasteiger partial charge in [0.25, 0.3) is 5.91 Å². The molecule has 3 rings (SSSR count). The van der Waals surface area contributed by atoms with Gasteiger partial charge in [0, 0.05) is 45.7 Å². The number of methoxy groups -OCH3 is 1. The molecule has 2 heterocycles. The van der Waals surface area contributed by atoms with Crippen LogP contribution in [-0.2, 0) is 31.3 Å². The van der Waals surface area contributed by atoms with Gasteiger partial charge >= 0.3 is 0 Å². The topological polar surface area (TPSA) is 110 Å². The summed E-state index contributed by atoms with van der Waals surface area (Å²) in [6.07, 6.45) is 1.42. The fourth-order valence-electron chi connectivity index (χ4n) is 3.69. The van der Waals surface area contributed by atoms with Crippen LogP contribution in [0.25, 0.3) is 0 Å². The number of aromatic nitrogens is 1. The van der Waals surface area contributed by atoms with E-state index in [2.05, 4.69) is 5.32 Å². The Hall–Kier alpha value is -2.73. The number of rotatable bonds is 9. The van der Waals surface area contributed by atoms with E-state index in [0.29, 0.717) is 18.9 Å². The minimum Gasteiger partial charge on any atom is -0.383 e. The molecule has 0 saturated carbocycles. The average Bonchev–Trinajstić information content (AvgIpc) is 3.22. The summed E-state index contributed by atoms with van der Waals surface area (Å²) in [5, 5.41) is 2.86. The summed E-state index contributed by atoms with van der Waals surface area (Å²) in [6, 6.07) is 6.97. The van der Waals surface area contributed by atoms with Crippen molar-refractivity contribution < 1.29 is 27.5 Å². The predicted octanol–water partition coefficient (Wildman–Crippen LogP) is 1.39. The van der Waals surface area contributed by atoms with Crippen molar-refractivity contribution in [2.24, 2.45) is 7.05 Å². The van der Waals surface area contributed by atoms with Crippen LogP contribution >= 0.6 is 0 Å². The Kier molecular flexibility index (Phi) is 8.47. The third kappa shape index (κ3) is 5.84. The molecule has 1 N–H and O–H groups in total.